The van der Waals surface area contributed by atoms with Crippen LogP contribution in [0.15, 0.2) is 29.0 Å². The summed E-state index contributed by atoms with van der Waals surface area (Å²) >= 11 is 0. The lowest BCUT2D eigenvalue weighted by atomic mass is 10.3. The van der Waals surface area contributed by atoms with Crippen LogP contribution in [0.5, 0.6) is 0 Å². The first kappa shape index (κ1) is 12.5. The van der Waals surface area contributed by atoms with Gasteiger partial charge in [-0.3, -0.25) is 29.6 Å². The number of hydrogen-bond donors (Lipinski definition) is 0. The average molecular weight is 293 g/mol. The fourth-order valence-electron chi connectivity index (χ4n) is 3.48. The second-order valence-electron chi connectivity index (χ2n) is 5.83. The van der Waals surface area contributed by atoms with Crippen LogP contribution in [-0.2, 0) is 0 Å². The first-order valence-electron chi connectivity index (χ1n) is 6.63. The minimum absolute atomic E-state index is 0.129. The molecule has 1 aromatic rings. The van der Waals surface area contributed by atoms with E-state index in [1.165, 1.54) is 0 Å². The van der Waals surface area contributed by atoms with E-state index in [9.17, 15) is 10.1 Å². The van der Waals surface area contributed by atoms with Gasteiger partial charge >= 0.3 is 0 Å². The van der Waals surface area contributed by atoms with Crippen molar-refractivity contribution in [2.75, 3.05) is 38.9 Å². The SMILES string of the molecule is O=[N+]([O-])c1ccc(N=P23CN4CN(CN(C4)C2)C3)cc1. The summed E-state index contributed by atoms with van der Waals surface area (Å²) in [6.45, 7) is 3.19. The molecule has 7 nitrogen and oxygen atoms in total. The summed E-state index contributed by atoms with van der Waals surface area (Å²) in [5, 5.41) is 10.7. The Hall–Kier alpha value is -1.27. The third-order valence-electron chi connectivity index (χ3n) is 3.98. The van der Waals surface area contributed by atoms with E-state index in [4.69, 9.17) is 4.74 Å². The van der Waals surface area contributed by atoms with Gasteiger partial charge in [0.25, 0.3) is 5.69 Å². The van der Waals surface area contributed by atoms with Crippen LogP contribution >= 0.6 is 7.05 Å². The number of nitro benzene ring substituents is 1. The Morgan fingerprint density at radius 1 is 1.00 bits per heavy atom. The maximum atomic E-state index is 10.7. The Morgan fingerprint density at radius 3 is 1.95 bits per heavy atom. The third-order valence-corrected chi connectivity index (χ3v) is 7.41. The van der Waals surface area contributed by atoms with Crippen LogP contribution in [0.3, 0.4) is 0 Å². The molecule has 4 bridgehead atoms. The van der Waals surface area contributed by atoms with Gasteiger partial charge in [-0.25, -0.2) is 0 Å². The van der Waals surface area contributed by atoms with E-state index in [0.717, 1.165) is 44.6 Å². The average Bonchev–Trinajstić information content (AvgIpc) is 2.37. The van der Waals surface area contributed by atoms with Gasteiger partial charge in [0.05, 0.1) is 30.6 Å². The molecule has 0 atom stereocenters. The van der Waals surface area contributed by atoms with Crippen LogP contribution in [0.25, 0.3) is 0 Å². The minimum Gasteiger partial charge on any atom is -0.272 e. The van der Waals surface area contributed by atoms with Crippen molar-refractivity contribution in [2.24, 2.45) is 4.74 Å². The molecule has 4 aliphatic heterocycles. The lowest BCUT2D eigenvalue weighted by Gasteiger charge is -2.56. The highest BCUT2D eigenvalue weighted by atomic mass is 31.2. The van der Waals surface area contributed by atoms with E-state index in [1.54, 1.807) is 24.3 Å². The third kappa shape index (κ3) is 2.07. The predicted octanol–water partition coefficient (Wildman–Crippen LogP) is 2.12. The molecule has 0 aromatic heterocycles. The van der Waals surface area contributed by atoms with Crippen molar-refractivity contribution >= 4 is 18.4 Å². The number of hydrogen-bond acceptors (Lipinski definition) is 6. The van der Waals surface area contributed by atoms with Crippen molar-refractivity contribution in [1.82, 2.24) is 14.7 Å². The molecule has 4 aliphatic rings. The van der Waals surface area contributed by atoms with Crippen molar-refractivity contribution in [3.8, 4) is 0 Å². The molecular weight excluding hydrogens is 277 g/mol. The monoisotopic (exact) mass is 293 g/mol. The van der Waals surface area contributed by atoms with Crippen molar-refractivity contribution in [2.45, 2.75) is 0 Å². The molecular formula is C12H16N5O2P. The van der Waals surface area contributed by atoms with Gasteiger partial charge in [-0.1, -0.05) is 0 Å². The van der Waals surface area contributed by atoms with Gasteiger partial charge in [-0.15, -0.1) is 0 Å². The van der Waals surface area contributed by atoms with Crippen LogP contribution in [0.1, 0.15) is 0 Å². The van der Waals surface area contributed by atoms with Crippen LogP contribution in [0, 0.1) is 10.1 Å². The Bertz CT molecular complexity index is 573. The number of nitrogens with zero attached hydrogens (tertiary/aromatic N) is 5. The van der Waals surface area contributed by atoms with Gasteiger partial charge in [0, 0.05) is 38.0 Å². The van der Waals surface area contributed by atoms with Crippen LogP contribution in [0.2, 0.25) is 0 Å². The van der Waals surface area contributed by atoms with E-state index in [2.05, 4.69) is 14.7 Å². The van der Waals surface area contributed by atoms with Gasteiger partial charge in [0.15, 0.2) is 0 Å². The first-order valence-corrected chi connectivity index (χ1v) is 8.93. The molecule has 4 heterocycles. The Kier molecular flexibility index (Phi) is 2.72. The summed E-state index contributed by atoms with van der Waals surface area (Å²) in [5.74, 6) is 0. The van der Waals surface area contributed by atoms with E-state index in [-0.39, 0.29) is 10.6 Å². The second kappa shape index (κ2) is 4.36. The van der Waals surface area contributed by atoms with Crippen LogP contribution in [0.4, 0.5) is 11.4 Å². The maximum absolute atomic E-state index is 10.7. The van der Waals surface area contributed by atoms with Crippen molar-refractivity contribution in [3.05, 3.63) is 34.4 Å². The molecule has 20 heavy (non-hydrogen) atoms. The van der Waals surface area contributed by atoms with Gasteiger partial charge < -0.3 is 0 Å². The molecule has 5 rings (SSSR count). The van der Waals surface area contributed by atoms with E-state index >= 15 is 0 Å². The Labute approximate surface area is 117 Å². The number of nitro groups is 1. The smallest absolute Gasteiger partial charge is 0.269 e. The second-order valence-corrected chi connectivity index (χ2v) is 9.07. The molecule has 1 aromatic carbocycles. The zero-order valence-corrected chi connectivity index (χ0v) is 11.9. The standard InChI is InChI=1S/C12H16N5O2P/c18-17(19)12-3-1-11(2-4-12)13-20-8-14-5-15(9-20)7-16(6-14)10-20/h1-4H,5-10H2. The fourth-order valence-corrected chi connectivity index (χ4v) is 7.33. The molecule has 8 heteroatoms. The molecule has 4 saturated heterocycles. The zero-order valence-electron chi connectivity index (χ0n) is 11.1. The van der Waals surface area contributed by atoms with Crippen molar-refractivity contribution in [1.29, 1.82) is 0 Å². The van der Waals surface area contributed by atoms with Gasteiger partial charge in [-0.2, -0.15) is 0 Å². The minimum atomic E-state index is -1.37. The molecule has 0 amide bonds. The highest BCUT2D eigenvalue weighted by Gasteiger charge is 2.43. The molecule has 4 fully saturated rings. The quantitative estimate of drug-likeness (QED) is 0.475. The van der Waals surface area contributed by atoms with E-state index in [1.807, 2.05) is 0 Å². The fraction of sp³-hybridized carbons (Fsp3) is 0.500. The molecule has 0 saturated carbocycles. The molecule has 0 aliphatic carbocycles. The summed E-state index contributed by atoms with van der Waals surface area (Å²) in [7, 11) is -1.37. The number of rotatable bonds is 2. The normalized spacial score (nSPS) is 37.9. The Morgan fingerprint density at radius 2 is 1.50 bits per heavy atom. The topological polar surface area (TPSA) is 65.2 Å². The summed E-state index contributed by atoms with van der Waals surface area (Å²) < 4.78 is 5.01. The highest BCUT2D eigenvalue weighted by Crippen LogP contribution is 2.59. The molecule has 0 N–H and O–H groups in total. The van der Waals surface area contributed by atoms with Gasteiger partial charge in [-0.05, 0) is 12.1 Å². The van der Waals surface area contributed by atoms with E-state index < -0.39 is 7.05 Å². The molecule has 0 unspecified atom stereocenters. The lowest BCUT2D eigenvalue weighted by Crippen LogP contribution is -2.63. The largest absolute Gasteiger partial charge is 0.272 e. The van der Waals surface area contributed by atoms with Crippen molar-refractivity contribution < 1.29 is 4.92 Å². The summed E-state index contributed by atoms with van der Waals surface area (Å²) in [5.41, 5.74) is 1.01. The van der Waals surface area contributed by atoms with Crippen LogP contribution in [-0.4, -0.2) is 58.5 Å². The number of non-ortho nitro benzene ring substituents is 1. The lowest BCUT2D eigenvalue weighted by molar-refractivity contribution is -0.384. The highest BCUT2D eigenvalue weighted by molar-refractivity contribution is 7.66. The molecule has 0 spiro atoms. The van der Waals surface area contributed by atoms with E-state index in [0.29, 0.717) is 0 Å². The first-order chi connectivity index (χ1) is 9.62. The van der Waals surface area contributed by atoms with Gasteiger partial charge in [0.1, 0.15) is 0 Å². The summed E-state index contributed by atoms with van der Waals surface area (Å²) in [4.78, 5) is 17.7. The summed E-state index contributed by atoms with van der Waals surface area (Å²) in [6, 6.07) is 6.64. The summed E-state index contributed by atoms with van der Waals surface area (Å²) in [6.07, 6.45) is 3.28. The Balaban J connectivity index is 1.67. The van der Waals surface area contributed by atoms with Gasteiger partial charge in [0.2, 0.25) is 0 Å². The molecule has 106 valence electrons. The maximum Gasteiger partial charge on any atom is 0.269 e. The van der Waals surface area contributed by atoms with Crippen LogP contribution < -0.4 is 0 Å². The predicted molar refractivity (Wildman–Crippen MR) is 76.8 cm³/mol. The van der Waals surface area contributed by atoms with Crippen molar-refractivity contribution in [3.63, 3.8) is 0 Å². The zero-order chi connectivity index (χ0) is 13.7. The number of benzene rings is 1. The molecule has 0 radical (unpaired) electrons.